The number of benzene rings is 1. The minimum absolute atomic E-state index is 0.0303. The second-order valence-electron chi connectivity index (χ2n) is 4.12. The number of hydrogen-bond donors (Lipinski definition) is 1. The predicted octanol–water partition coefficient (Wildman–Crippen LogP) is 3.89. The molecule has 0 aliphatic carbocycles. The average Bonchev–Trinajstić information content (AvgIpc) is 2.72. The number of hydrogen-bond acceptors (Lipinski definition) is 3. The molecule has 2 aromatic rings. The first-order chi connectivity index (χ1) is 9.08. The van der Waals surface area contributed by atoms with Gasteiger partial charge in [0.25, 0.3) is 5.91 Å². The average molecular weight is 339 g/mol. The van der Waals surface area contributed by atoms with E-state index in [1.54, 1.807) is 11.0 Å². The lowest BCUT2D eigenvalue weighted by Crippen LogP contribution is -2.30. The third kappa shape index (κ3) is 2.67. The molecule has 0 saturated carbocycles. The summed E-state index contributed by atoms with van der Waals surface area (Å²) in [7, 11) is 0. The van der Waals surface area contributed by atoms with Gasteiger partial charge in [-0.2, -0.15) is 0 Å². The summed E-state index contributed by atoms with van der Waals surface area (Å²) in [6.45, 7) is 6.79. The molecule has 5 heteroatoms. The summed E-state index contributed by atoms with van der Waals surface area (Å²) in [4.78, 5) is 14.8. The maximum atomic E-state index is 12.4. The molecule has 2 rings (SSSR count). The van der Waals surface area contributed by atoms with Gasteiger partial charge in [0.05, 0.1) is 5.69 Å². The van der Waals surface area contributed by atoms with Crippen LogP contribution < -0.4 is 5.73 Å². The van der Waals surface area contributed by atoms with Crippen LogP contribution >= 0.6 is 27.3 Å². The van der Waals surface area contributed by atoms with Gasteiger partial charge in [0.1, 0.15) is 4.88 Å². The van der Waals surface area contributed by atoms with Crippen molar-refractivity contribution >= 4 is 48.9 Å². The quantitative estimate of drug-likeness (QED) is 0.859. The second kappa shape index (κ2) is 5.75. The zero-order valence-electron chi connectivity index (χ0n) is 10.6. The molecule has 0 aliphatic rings. The highest BCUT2D eigenvalue weighted by Crippen LogP contribution is 2.35. The van der Waals surface area contributed by atoms with E-state index in [9.17, 15) is 4.79 Å². The standard InChI is InChI=1S/C14H15BrN2OS/c1-3-7-17(4-2)14(18)13-12(16)10-6-5-9(15)8-11(10)19-13/h3,5-6,8H,1,4,7,16H2,2H3. The fourth-order valence-corrected chi connectivity index (χ4v) is 3.55. The molecule has 1 aromatic heterocycles. The van der Waals surface area contributed by atoms with Crippen molar-refractivity contribution < 1.29 is 4.79 Å². The Balaban J connectivity index is 2.47. The Kier molecular flexibility index (Phi) is 4.27. The van der Waals surface area contributed by atoms with E-state index >= 15 is 0 Å². The van der Waals surface area contributed by atoms with E-state index in [1.807, 2.05) is 25.1 Å². The number of thiophene rings is 1. The van der Waals surface area contributed by atoms with Crippen LogP contribution in [0.1, 0.15) is 16.6 Å². The molecule has 0 aliphatic heterocycles. The zero-order valence-corrected chi connectivity index (χ0v) is 13.1. The van der Waals surface area contributed by atoms with Crippen molar-refractivity contribution in [2.45, 2.75) is 6.92 Å². The van der Waals surface area contributed by atoms with Gasteiger partial charge in [-0.15, -0.1) is 17.9 Å². The predicted molar refractivity (Wildman–Crippen MR) is 85.7 cm³/mol. The fraction of sp³-hybridized carbons (Fsp3) is 0.214. The molecule has 0 radical (unpaired) electrons. The van der Waals surface area contributed by atoms with E-state index < -0.39 is 0 Å². The molecule has 0 bridgehead atoms. The smallest absolute Gasteiger partial charge is 0.266 e. The van der Waals surface area contributed by atoms with E-state index in [2.05, 4.69) is 22.5 Å². The Labute approximate surface area is 124 Å². The Morgan fingerprint density at radius 1 is 1.58 bits per heavy atom. The number of nitrogen functional groups attached to an aromatic ring is 1. The monoisotopic (exact) mass is 338 g/mol. The molecule has 0 saturated heterocycles. The van der Waals surface area contributed by atoms with Gasteiger partial charge in [0.2, 0.25) is 0 Å². The molecule has 1 heterocycles. The van der Waals surface area contributed by atoms with E-state index in [0.717, 1.165) is 14.6 Å². The molecule has 2 N–H and O–H groups in total. The molecular weight excluding hydrogens is 324 g/mol. The molecule has 1 aromatic carbocycles. The van der Waals surface area contributed by atoms with Gasteiger partial charge >= 0.3 is 0 Å². The summed E-state index contributed by atoms with van der Waals surface area (Å²) in [5.41, 5.74) is 6.67. The highest BCUT2D eigenvalue weighted by Gasteiger charge is 2.20. The molecule has 0 atom stereocenters. The molecule has 100 valence electrons. The molecular formula is C14H15BrN2OS. The SMILES string of the molecule is C=CCN(CC)C(=O)c1sc2cc(Br)ccc2c1N. The number of anilines is 1. The number of nitrogens with two attached hydrogens (primary N) is 1. The number of fused-ring (bicyclic) bond motifs is 1. The molecule has 0 unspecified atom stereocenters. The van der Waals surface area contributed by atoms with E-state index in [-0.39, 0.29) is 5.91 Å². The number of halogens is 1. The van der Waals surface area contributed by atoms with Crippen LogP contribution in [0.2, 0.25) is 0 Å². The van der Waals surface area contributed by atoms with Gasteiger partial charge in [0.15, 0.2) is 0 Å². The minimum Gasteiger partial charge on any atom is -0.397 e. The van der Waals surface area contributed by atoms with Crippen molar-refractivity contribution in [1.29, 1.82) is 0 Å². The summed E-state index contributed by atoms with van der Waals surface area (Å²) < 4.78 is 2.00. The molecule has 1 amide bonds. The molecule has 0 spiro atoms. The van der Waals surface area contributed by atoms with Gasteiger partial charge in [-0.1, -0.05) is 28.1 Å². The minimum atomic E-state index is -0.0303. The highest BCUT2D eigenvalue weighted by atomic mass is 79.9. The number of carbonyl (C=O) groups excluding carboxylic acids is 1. The summed E-state index contributed by atoms with van der Waals surface area (Å²) in [5.74, 6) is -0.0303. The van der Waals surface area contributed by atoms with Crippen LogP contribution in [0.3, 0.4) is 0 Å². The van der Waals surface area contributed by atoms with Gasteiger partial charge in [0, 0.05) is 27.6 Å². The summed E-state index contributed by atoms with van der Waals surface area (Å²) in [5, 5.41) is 0.936. The van der Waals surface area contributed by atoms with Gasteiger partial charge < -0.3 is 10.6 Å². The van der Waals surface area contributed by atoms with Crippen LogP contribution in [0, 0.1) is 0 Å². The number of amides is 1. The van der Waals surface area contributed by atoms with Gasteiger partial charge in [-0.25, -0.2) is 0 Å². The highest BCUT2D eigenvalue weighted by molar-refractivity contribution is 9.10. The summed E-state index contributed by atoms with van der Waals surface area (Å²) >= 11 is 4.86. The van der Waals surface area contributed by atoms with Crippen LogP contribution in [0.4, 0.5) is 5.69 Å². The van der Waals surface area contributed by atoms with Crippen LogP contribution in [0.5, 0.6) is 0 Å². The Morgan fingerprint density at radius 3 is 2.95 bits per heavy atom. The van der Waals surface area contributed by atoms with Gasteiger partial charge in [-0.3, -0.25) is 4.79 Å². The Morgan fingerprint density at radius 2 is 2.32 bits per heavy atom. The maximum absolute atomic E-state index is 12.4. The lowest BCUT2D eigenvalue weighted by Gasteiger charge is -2.18. The first-order valence-corrected chi connectivity index (χ1v) is 7.57. The lowest BCUT2D eigenvalue weighted by molar-refractivity contribution is 0.0788. The number of rotatable bonds is 4. The van der Waals surface area contributed by atoms with Crippen molar-refractivity contribution in [1.82, 2.24) is 4.90 Å². The van der Waals surface area contributed by atoms with E-state index in [4.69, 9.17) is 5.73 Å². The molecule has 0 fully saturated rings. The Bertz CT molecular complexity index is 636. The van der Waals surface area contributed by atoms with Crippen molar-refractivity contribution in [2.24, 2.45) is 0 Å². The Hall–Kier alpha value is -1.33. The molecule has 19 heavy (non-hydrogen) atoms. The van der Waals surface area contributed by atoms with Crippen molar-refractivity contribution in [2.75, 3.05) is 18.8 Å². The van der Waals surface area contributed by atoms with Crippen LogP contribution in [0.25, 0.3) is 10.1 Å². The third-order valence-electron chi connectivity index (χ3n) is 2.90. The van der Waals surface area contributed by atoms with Crippen LogP contribution in [-0.4, -0.2) is 23.9 Å². The summed E-state index contributed by atoms with van der Waals surface area (Å²) in [6.07, 6.45) is 1.72. The van der Waals surface area contributed by atoms with E-state index in [0.29, 0.717) is 23.7 Å². The fourth-order valence-electron chi connectivity index (χ4n) is 1.90. The van der Waals surface area contributed by atoms with Crippen molar-refractivity contribution in [3.63, 3.8) is 0 Å². The second-order valence-corrected chi connectivity index (χ2v) is 6.09. The normalized spacial score (nSPS) is 10.6. The van der Waals surface area contributed by atoms with Crippen molar-refractivity contribution in [3.8, 4) is 0 Å². The topological polar surface area (TPSA) is 46.3 Å². The lowest BCUT2D eigenvalue weighted by atomic mass is 10.2. The van der Waals surface area contributed by atoms with Crippen LogP contribution in [0.15, 0.2) is 35.3 Å². The van der Waals surface area contributed by atoms with E-state index in [1.165, 1.54) is 11.3 Å². The largest absolute Gasteiger partial charge is 0.397 e. The molecule has 3 nitrogen and oxygen atoms in total. The summed E-state index contributed by atoms with van der Waals surface area (Å²) in [6, 6.07) is 5.85. The first kappa shape index (κ1) is 14.1. The first-order valence-electron chi connectivity index (χ1n) is 5.96. The maximum Gasteiger partial charge on any atom is 0.266 e. The van der Waals surface area contributed by atoms with Gasteiger partial charge in [-0.05, 0) is 19.1 Å². The zero-order chi connectivity index (χ0) is 14.0. The third-order valence-corrected chi connectivity index (χ3v) is 4.55. The number of likely N-dealkylation sites (N-methyl/N-ethyl adjacent to an activating group) is 1. The van der Waals surface area contributed by atoms with Crippen molar-refractivity contribution in [3.05, 3.63) is 40.2 Å². The van der Waals surface area contributed by atoms with Crippen LogP contribution in [-0.2, 0) is 0 Å². The number of carbonyl (C=O) groups is 1. The number of nitrogens with zero attached hydrogens (tertiary/aromatic N) is 1.